The molecule has 0 aliphatic carbocycles. The zero-order valence-electron chi connectivity index (χ0n) is 10.3. The normalized spacial score (nSPS) is 10.8. The average molecular weight is 270 g/mol. The number of fused-ring (bicyclic) bond motifs is 1. The number of hydrogen-bond acceptors (Lipinski definition) is 4. The molecule has 0 saturated heterocycles. The Bertz CT molecular complexity index is 836. The second-order valence-corrected chi connectivity index (χ2v) is 4.15. The highest BCUT2D eigenvalue weighted by Gasteiger charge is 2.16. The number of nitrogens with zero attached hydrogens (tertiary/aromatic N) is 4. The number of para-hydroxylation sites is 2. The van der Waals surface area contributed by atoms with Gasteiger partial charge in [0.15, 0.2) is 0 Å². The molecule has 0 unspecified atom stereocenters. The van der Waals surface area contributed by atoms with Crippen LogP contribution in [-0.2, 0) is 11.3 Å². The molecular formula is C13H10N4O3. The van der Waals surface area contributed by atoms with Crippen LogP contribution < -0.4 is 5.69 Å². The number of carbonyl (C=O) groups is 1. The molecule has 0 spiro atoms. The van der Waals surface area contributed by atoms with Gasteiger partial charge in [0.05, 0.1) is 11.0 Å². The maximum absolute atomic E-state index is 12.4. The van der Waals surface area contributed by atoms with Gasteiger partial charge in [0.2, 0.25) is 0 Å². The van der Waals surface area contributed by atoms with E-state index < -0.39 is 18.2 Å². The van der Waals surface area contributed by atoms with Crippen LogP contribution in [0.25, 0.3) is 16.9 Å². The lowest BCUT2D eigenvalue weighted by atomic mass is 10.3. The van der Waals surface area contributed by atoms with Gasteiger partial charge in [-0.3, -0.25) is 9.36 Å². The van der Waals surface area contributed by atoms with Crippen LogP contribution in [0.5, 0.6) is 0 Å². The van der Waals surface area contributed by atoms with Crippen LogP contribution in [0.4, 0.5) is 0 Å². The molecule has 20 heavy (non-hydrogen) atoms. The molecule has 0 radical (unpaired) electrons. The summed E-state index contributed by atoms with van der Waals surface area (Å²) in [5.41, 5.74) is 0.725. The van der Waals surface area contributed by atoms with E-state index in [2.05, 4.69) is 9.97 Å². The van der Waals surface area contributed by atoms with Gasteiger partial charge in [-0.1, -0.05) is 12.1 Å². The smallest absolute Gasteiger partial charge is 0.335 e. The predicted molar refractivity (Wildman–Crippen MR) is 70.8 cm³/mol. The standard InChI is InChI=1S/C13H10N4O3/c18-12(19)7-16-9-3-1-2-4-10(9)17(13(16)20)11-5-6-14-8-15-11/h1-6,8H,7H2,(H,18,19). The highest BCUT2D eigenvalue weighted by atomic mass is 16.4. The number of benzene rings is 1. The quantitative estimate of drug-likeness (QED) is 0.755. The first-order valence-electron chi connectivity index (χ1n) is 5.87. The summed E-state index contributed by atoms with van der Waals surface area (Å²) in [5.74, 6) is -0.664. The first-order valence-corrected chi connectivity index (χ1v) is 5.87. The maximum atomic E-state index is 12.4. The van der Waals surface area contributed by atoms with E-state index in [1.807, 2.05) is 0 Å². The first-order chi connectivity index (χ1) is 9.68. The summed E-state index contributed by atoms with van der Waals surface area (Å²) < 4.78 is 2.58. The molecule has 0 bridgehead atoms. The van der Waals surface area contributed by atoms with Crippen molar-refractivity contribution in [2.75, 3.05) is 0 Å². The highest BCUT2D eigenvalue weighted by Crippen LogP contribution is 2.15. The van der Waals surface area contributed by atoms with Crippen LogP contribution in [0.3, 0.4) is 0 Å². The van der Waals surface area contributed by atoms with Crippen molar-refractivity contribution in [2.45, 2.75) is 6.54 Å². The van der Waals surface area contributed by atoms with Crippen LogP contribution in [0.1, 0.15) is 0 Å². The van der Waals surface area contributed by atoms with Crippen molar-refractivity contribution in [3.8, 4) is 5.82 Å². The number of carboxylic acids is 1. The van der Waals surface area contributed by atoms with Gasteiger partial charge in [-0.25, -0.2) is 19.3 Å². The monoisotopic (exact) mass is 270 g/mol. The van der Waals surface area contributed by atoms with E-state index >= 15 is 0 Å². The Kier molecular flexibility index (Phi) is 2.79. The third-order valence-corrected chi connectivity index (χ3v) is 2.92. The van der Waals surface area contributed by atoms with E-state index in [4.69, 9.17) is 5.11 Å². The maximum Gasteiger partial charge on any atom is 0.335 e. The Morgan fingerprint density at radius 1 is 1.20 bits per heavy atom. The third-order valence-electron chi connectivity index (χ3n) is 2.92. The number of imidazole rings is 1. The number of aliphatic carboxylic acids is 1. The van der Waals surface area contributed by atoms with Crippen molar-refractivity contribution >= 4 is 17.0 Å². The van der Waals surface area contributed by atoms with Crippen LogP contribution >= 0.6 is 0 Å². The topological polar surface area (TPSA) is 90.0 Å². The second-order valence-electron chi connectivity index (χ2n) is 4.15. The van der Waals surface area contributed by atoms with E-state index in [1.165, 1.54) is 21.7 Å². The van der Waals surface area contributed by atoms with Gasteiger partial charge in [0.1, 0.15) is 18.7 Å². The lowest BCUT2D eigenvalue weighted by molar-refractivity contribution is -0.137. The van der Waals surface area contributed by atoms with Crippen LogP contribution in [-0.4, -0.2) is 30.2 Å². The molecule has 100 valence electrons. The van der Waals surface area contributed by atoms with Crippen molar-refractivity contribution < 1.29 is 9.90 Å². The SMILES string of the molecule is O=C(O)Cn1c(=O)n(-c2ccncn2)c2ccccc21. The molecule has 1 aromatic carbocycles. The molecule has 3 rings (SSSR count). The lowest BCUT2D eigenvalue weighted by Gasteiger charge is -2.00. The van der Waals surface area contributed by atoms with Crippen molar-refractivity contribution in [3.63, 3.8) is 0 Å². The zero-order valence-corrected chi connectivity index (χ0v) is 10.3. The van der Waals surface area contributed by atoms with Crippen molar-refractivity contribution in [2.24, 2.45) is 0 Å². The second kappa shape index (κ2) is 4.61. The molecule has 2 heterocycles. The number of aromatic nitrogens is 4. The zero-order chi connectivity index (χ0) is 14.1. The minimum Gasteiger partial charge on any atom is -0.480 e. The average Bonchev–Trinajstić information content (AvgIpc) is 2.72. The Morgan fingerprint density at radius 3 is 2.60 bits per heavy atom. The summed E-state index contributed by atoms with van der Waals surface area (Å²) in [5, 5.41) is 8.94. The molecular weight excluding hydrogens is 260 g/mol. The summed E-state index contributed by atoms with van der Waals surface area (Å²) >= 11 is 0. The molecule has 0 amide bonds. The molecule has 0 aliphatic heterocycles. The highest BCUT2D eigenvalue weighted by molar-refractivity contribution is 5.79. The molecule has 2 aromatic heterocycles. The summed E-state index contributed by atoms with van der Waals surface area (Å²) in [6.45, 7) is -0.391. The van der Waals surface area contributed by atoms with Crippen LogP contribution in [0.15, 0.2) is 47.7 Å². The molecule has 3 aromatic rings. The molecule has 7 heteroatoms. The minimum absolute atomic E-state index is 0.391. The Morgan fingerprint density at radius 2 is 1.95 bits per heavy atom. The summed E-state index contributed by atoms with van der Waals surface area (Å²) in [4.78, 5) is 31.2. The Hall–Kier alpha value is -2.96. The van der Waals surface area contributed by atoms with Gasteiger partial charge in [-0.2, -0.15) is 0 Å². The van der Waals surface area contributed by atoms with Crippen LogP contribution in [0, 0.1) is 0 Å². The van der Waals surface area contributed by atoms with Crippen molar-refractivity contribution in [1.82, 2.24) is 19.1 Å². The minimum atomic E-state index is -1.07. The largest absolute Gasteiger partial charge is 0.480 e. The first kappa shape index (κ1) is 12.1. The Labute approximate surface area is 112 Å². The lowest BCUT2D eigenvalue weighted by Crippen LogP contribution is -2.26. The Balaban J connectivity index is 2.36. The molecule has 0 saturated carbocycles. The molecule has 0 atom stereocenters. The van der Waals surface area contributed by atoms with E-state index in [-0.39, 0.29) is 0 Å². The van der Waals surface area contributed by atoms with Crippen molar-refractivity contribution in [1.29, 1.82) is 0 Å². The van der Waals surface area contributed by atoms with Gasteiger partial charge in [-0.05, 0) is 18.2 Å². The van der Waals surface area contributed by atoms with E-state index in [9.17, 15) is 9.59 Å². The molecule has 7 nitrogen and oxygen atoms in total. The van der Waals surface area contributed by atoms with Gasteiger partial charge in [0, 0.05) is 6.20 Å². The summed E-state index contributed by atoms with van der Waals surface area (Å²) in [6, 6.07) is 8.59. The number of rotatable bonds is 3. The summed E-state index contributed by atoms with van der Waals surface area (Å²) in [7, 11) is 0. The third kappa shape index (κ3) is 1.85. The van der Waals surface area contributed by atoms with Gasteiger partial charge >= 0.3 is 11.7 Å². The predicted octanol–water partition coefficient (Wildman–Crippen LogP) is 0.667. The van der Waals surface area contributed by atoms with E-state index in [1.54, 1.807) is 30.3 Å². The van der Waals surface area contributed by atoms with Gasteiger partial charge < -0.3 is 5.11 Å². The molecule has 1 N–H and O–H groups in total. The fourth-order valence-electron chi connectivity index (χ4n) is 2.13. The molecule has 0 fully saturated rings. The van der Waals surface area contributed by atoms with Crippen molar-refractivity contribution in [3.05, 3.63) is 53.3 Å². The fourth-order valence-corrected chi connectivity index (χ4v) is 2.13. The molecule has 0 aliphatic rings. The number of hydrogen-bond donors (Lipinski definition) is 1. The number of carboxylic acid groups (broad SMARTS) is 1. The van der Waals surface area contributed by atoms with Gasteiger partial charge in [-0.15, -0.1) is 0 Å². The van der Waals surface area contributed by atoms with E-state index in [0.29, 0.717) is 16.9 Å². The fraction of sp³-hybridized carbons (Fsp3) is 0.0769. The van der Waals surface area contributed by atoms with Gasteiger partial charge in [0.25, 0.3) is 0 Å². The summed E-state index contributed by atoms with van der Waals surface area (Å²) in [6.07, 6.45) is 2.86. The van der Waals surface area contributed by atoms with Crippen LogP contribution in [0.2, 0.25) is 0 Å². The van der Waals surface area contributed by atoms with E-state index in [0.717, 1.165) is 0 Å².